The summed E-state index contributed by atoms with van der Waals surface area (Å²) in [5.41, 5.74) is 1.39. The molecule has 0 fully saturated rings. The van der Waals surface area contributed by atoms with Crippen molar-refractivity contribution in [2.45, 2.75) is 57.9 Å². The van der Waals surface area contributed by atoms with Gasteiger partial charge in [-0.3, -0.25) is 4.57 Å². The van der Waals surface area contributed by atoms with E-state index in [1.165, 1.54) is 0 Å². The maximum absolute atomic E-state index is 11.3. The normalized spacial score (nSPS) is 20.3. The fourth-order valence-electron chi connectivity index (χ4n) is 3.35. The van der Waals surface area contributed by atoms with E-state index in [1.807, 2.05) is 36.6 Å². The number of aromatic hydroxyl groups is 1. The largest absolute Gasteiger partial charge is 0.507 e. The number of hydrogen-bond donors (Lipinski definition) is 5. The van der Waals surface area contributed by atoms with Crippen LogP contribution >= 0.6 is 7.60 Å². The number of nitrogens with one attached hydrogen (secondary N) is 2. The molecule has 0 amide bonds. The van der Waals surface area contributed by atoms with Crippen molar-refractivity contribution >= 4 is 7.60 Å². The third kappa shape index (κ3) is 5.26. The molecule has 1 heterocycles. The number of phenols is 1. The number of benzene rings is 1. The summed E-state index contributed by atoms with van der Waals surface area (Å²) in [5, 5.41) is 17.2. The smallest absolute Gasteiger partial charge is 0.339 e. The number of allylic oxidation sites excluding steroid dienone is 2. The number of hydrogen-bond acceptors (Lipinski definition) is 4. The number of dihydropyridines is 1. The van der Waals surface area contributed by atoms with Crippen molar-refractivity contribution in [2.75, 3.05) is 12.8 Å². The molecule has 1 aliphatic rings. The molecule has 1 atom stereocenters. The summed E-state index contributed by atoms with van der Waals surface area (Å²) in [7, 11) is -4.16. The summed E-state index contributed by atoms with van der Waals surface area (Å²) in [4.78, 5) is 18.4. The average molecular weight is 408 g/mol. The highest BCUT2D eigenvalue weighted by atomic mass is 31.2. The summed E-state index contributed by atoms with van der Waals surface area (Å²) in [5.74, 6) is 0.303. The van der Waals surface area contributed by atoms with Gasteiger partial charge in [0.1, 0.15) is 5.75 Å². The minimum atomic E-state index is -4.16. The zero-order chi connectivity index (χ0) is 21.4. The standard InChI is InChI=1S/C21H33N2O4P/c1-19(2,3)16-11-15(12-17(18(16)24)20(4,5)6)21(9-7-8-10-23-21)13-22-14-28(25,26)27/h7-12,22-24H,13-14H2,1-6H3,(H2,25,26,27). The highest BCUT2D eigenvalue weighted by Gasteiger charge is 2.34. The van der Waals surface area contributed by atoms with Crippen LogP contribution in [0.2, 0.25) is 0 Å². The molecular formula is C21H33N2O4P. The first kappa shape index (κ1) is 22.7. The molecule has 1 aromatic rings. The van der Waals surface area contributed by atoms with Gasteiger partial charge < -0.3 is 25.5 Å². The maximum Gasteiger partial charge on any atom is 0.339 e. The van der Waals surface area contributed by atoms with E-state index in [-0.39, 0.29) is 17.4 Å². The van der Waals surface area contributed by atoms with Gasteiger partial charge in [-0.15, -0.1) is 0 Å². The molecule has 2 rings (SSSR count). The molecular weight excluding hydrogens is 375 g/mol. The zero-order valence-electron chi connectivity index (χ0n) is 17.6. The third-order valence-electron chi connectivity index (χ3n) is 4.89. The van der Waals surface area contributed by atoms with Crippen LogP contribution < -0.4 is 10.6 Å². The molecule has 0 spiro atoms. The van der Waals surface area contributed by atoms with Crippen LogP contribution in [-0.4, -0.2) is 27.7 Å². The van der Waals surface area contributed by atoms with Gasteiger partial charge >= 0.3 is 7.60 Å². The van der Waals surface area contributed by atoms with Gasteiger partial charge in [0.2, 0.25) is 0 Å². The Balaban J connectivity index is 2.61. The lowest BCUT2D eigenvalue weighted by Crippen LogP contribution is -2.47. The van der Waals surface area contributed by atoms with Crippen molar-refractivity contribution in [3.05, 3.63) is 53.3 Å². The average Bonchev–Trinajstić information content (AvgIpc) is 2.52. The Morgan fingerprint density at radius 3 is 1.96 bits per heavy atom. The van der Waals surface area contributed by atoms with Crippen molar-refractivity contribution < 1.29 is 19.5 Å². The molecule has 0 radical (unpaired) electrons. The maximum atomic E-state index is 11.3. The molecule has 0 aromatic heterocycles. The molecule has 28 heavy (non-hydrogen) atoms. The summed E-state index contributed by atoms with van der Waals surface area (Å²) >= 11 is 0. The monoisotopic (exact) mass is 408 g/mol. The Hall–Kier alpha value is -1.59. The molecule has 1 aliphatic heterocycles. The zero-order valence-corrected chi connectivity index (χ0v) is 18.5. The van der Waals surface area contributed by atoms with Gasteiger partial charge in [0, 0.05) is 6.54 Å². The lowest BCUT2D eigenvalue weighted by atomic mass is 9.75. The van der Waals surface area contributed by atoms with E-state index in [0.717, 1.165) is 16.7 Å². The fourth-order valence-corrected chi connectivity index (χ4v) is 3.75. The lowest BCUT2D eigenvalue weighted by molar-refractivity contribution is 0.361. The molecule has 0 aliphatic carbocycles. The van der Waals surface area contributed by atoms with E-state index >= 15 is 0 Å². The summed E-state index contributed by atoms with van der Waals surface area (Å²) in [6.45, 7) is 12.6. The molecule has 1 unspecified atom stereocenters. The van der Waals surface area contributed by atoms with E-state index in [9.17, 15) is 19.5 Å². The van der Waals surface area contributed by atoms with Gasteiger partial charge in [-0.05, 0) is 51.9 Å². The first-order valence-corrected chi connectivity index (χ1v) is 11.2. The molecule has 6 nitrogen and oxygen atoms in total. The third-order valence-corrected chi connectivity index (χ3v) is 5.53. The first-order valence-electron chi connectivity index (χ1n) is 9.42. The van der Waals surface area contributed by atoms with Crippen molar-refractivity contribution in [1.82, 2.24) is 10.6 Å². The minimum absolute atomic E-state index is 0.269. The quantitative estimate of drug-likeness (QED) is 0.478. The summed E-state index contributed by atoms with van der Waals surface area (Å²) < 4.78 is 11.3. The van der Waals surface area contributed by atoms with Crippen molar-refractivity contribution in [3.8, 4) is 5.75 Å². The Labute approximate surface area is 167 Å². The van der Waals surface area contributed by atoms with Crippen LogP contribution in [0.1, 0.15) is 58.2 Å². The van der Waals surface area contributed by atoms with E-state index < -0.39 is 19.4 Å². The predicted molar refractivity (Wildman–Crippen MR) is 114 cm³/mol. The second-order valence-corrected chi connectivity index (χ2v) is 11.1. The van der Waals surface area contributed by atoms with Crippen molar-refractivity contribution in [2.24, 2.45) is 0 Å². The molecule has 0 saturated heterocycles. The van der Waals surface area contributed by atoms with Gasteiger partial charge in [-0.2, -0.15) is 0 Å². The fraction of sp³-hybridized carbons (Fsp3) is 0.524. The Morgan fingerprint density at radius 1 is 1.04 bits per heavy atom. The molecule has 7 heteroatoms. The SMILES string of the molecule is CC(C)(C)c1cc(C2(CNCP(=O)(O)O)C=CC=CN2)cc(C(C)(C)C)c1O. The Morgan fingerprint density at radius 2 is 1.57 bits per heavy atom. The highest BCUT2D eigenvalue weighted by molar-refractivity contribution is 7.51. The molecule has 0 bridgehead atoms. The Kier molecular flexibility index (Phi) is 6.22. The number of rotatable bonds is 5. The van der Waals surface area contributed by atoms with E-state index in [4.69, 9.17) is 0 Å². The predicted octanol–water partition coefficient (Wildman–Crippen LogP) is 3.58. The van der Waals surface area contributed by atoms with Gasteiger partial charge in [-0.1, -0.05) is 53.7 Å². The van der Waals surface area contributed by atoms with E-state index in [2.05, 4.69) is 52.2 Å². The van der Waals surface area contributed by atoms with Crippen LogP contribution in [-0.2, 0) is 20.9 Å². The molecule has 0 saturated carbocycles. The second-order valence-electron chi connectivity index (χ2n) is 9.50. The van der Waals surface area contributed by atoms with Gasteiger partial charge in [0.15, 0.2) is 0 Å². The summed E-state index contributed by atoms with van der Waals surface area (Å²) in [6.07, 6.45) is 7.18. The molecule has 5 N–H and O–H groups in total. The molecule has 1 aromatic carbocycles. The summed E-state index contributed by atoms with van der Waals surface area (Å²) in [6, 6.07) is 3.97. The number of phenolic OH excluding ortho intramolecular Hbond substituents is 1. The minimum Gasteiger partial charge on any atom is -0.507 e. The van der Waals surface area contributed by atoms with E-state index in [1.54, 1.807) is 0 Å². The van der Waals surface area contributed by atoms with Crippen LogP contribution in [0.15, 0.2) is 36.6 Å². The topological polar surface area (TPSA) is 102 Å². The van der Waals surface area contributed by atoms with Gasteiger partial charge in [0.25, 0.3) is 0 Å². The van der Waals surface area contributed by atoms with Crippen LogP contribution in [0, 0.1) is 0 Å². The van der Waals surface area contributed by atoms with Gasteiger partial charge in [0.05, 0.1) is 11.8 Å². The second kappa shape index (κ2) is 7.68. The van der Waals surface area contributed by atoms with E-state index in [0.29, 0.717) is 5.75 Å². The highest BCUT2D eigenvalue weighted by Crippen LogP contribution is 2.42. The van der Waals surface area contributed by atoms with Crippen LogP contribution in [0.25, 0.3) is 0 Å². The lowest BCUT2D eigenvalue weighted by Gasteiger charge is -2.37. The van der Waals surface area contributed by atoms with Crippen molar-refractivity contribution in [3.63, 3.8) is 0 Å². The Bertz CT molecular complexity index is 793. The first-order chi connectivity index (χ1) is 12.7. The molecule has 156 valence electrons. The van der Waals surface area contributed by atoms with Crippen LogP contribution in [0.5, 0.6) is 5.75 Å². The van der Waals surface area contributed by atoms with Crippen LogP contribution in [0.3, 0.4) is 0 Å². The van der Waals surface area contributed by atoms with Crippen LogP contribution in [0.4, 0.5) is 0 Å². The van der Waals surface area contributed by atoms with Crippen molar-refractivity contribution in [1.29, 1.82) is 0 Å². The van der Waals surface area contributed by atoms with Gasteiger partial charge in [-0.25, -0.2) is 0 Å².